The summed E-state index contributed by atoms with van der Waals surface area (Å²) in [4.78, 5) is 39.7. The average Bonchev–Trinajstić information content (AvgIpc) is 2.84. The second kappa shape index (κ2) is 7.57. The third-order valence-electron chi connectivity index (χ3n) is 3.11. The maximum Gasteiger partial charge on any atom is 1.00 e. The summed E-state index contributed by atoms with van der Waals surface area (Å²) in [6, 6.07) is 0. The molecule has 2 aromatic heterocycles. The number of aromatic amines is 1. The van der Waals surface area contributed by atoms with Crippen molar-refractivity contribution in [3.63, 3.8) is 0 Å². The molecule has 2 amide bonds. The van der Waals surface area contributed by atoms with Crippen LogP contribution in [-0.4, -0.2) is 31.8 Å². The number of fused-ring (bicyclic) bond motifs is 1. The van der Waals surface area contributed by atoms with E-state index >= 15 is 0 Å². The Balaban J connectivity index is 0.00000288. The summed E-state index contributed by atoms with van der Waals surface area (Å²) in [7, 11) is 0. The Morgan fingerprint density at radius 3 is 2.08 bits per heavy atom. The molecule has 0 fully saturated rings. The molecule has 0 aromatic carbocycles. The van der Waals surface area contributed by atoms with E-state index in [1.165, 1.54) is 6.33 Å². The number of nitrogens with one attached hydrogen (secondary N) is 3. The van der Waals surface area contributed by atoms with Crippen molar-refractivity contribution in [2.45, 2.75) is 41.5 Å². The summed E-state index contributed by atoms with van der Waals surface area (Å²) in [6.07, 6.45) is 1.46. The number of nitrogens with zero attached hydrogens (tertiary/aromatic N) is 3. The van der Waals surface area contributed by atoms with E-state index in [2.05, 4.69) is 30.6 Å². The van der Waals surface area contributed by atoms with Gasteiger partial charge in [-0.05, 0) is 0 Å². The molecule has 0 atom stereocenters. The van der Waals surface area contributed by atoms with Crippen molar-refractivity contribution in [2.24, 2.45) is 10.8 Å². The number of aromatic nitrogens is 4. The number of carbonyl (C=O) groups excluding carboxylic acids is 2. The third-order valence-corrected chi connectivity index (χ3v) is 3.11. The molecule has 2 rings (SSSR count). The summed E-state index contributed by atoms with van der Waals surface area (Å²) in [5, 5.41) is 5.40. The molecule has 0 aliphatic carbocycles. The maximum atomic E-state index is 12.2. The Morgan fingerprint density at radius 1 is 1.00 bits per heavy atom. The van der Waals surface area contributed by atoms with Crippen molar-refractivity contribution in [1.82, 2.24) is 19.9 Å². The van der Waals surface area contributed by atoms with Crippen LogP contribution in [0.4, 0.5) is 11.8 Å². The van der Waals surface area contributed by atoms with E-state index in [4.69, 9.17) is 0 Å². The fourth-order valence-corrected chi connectivity index (χ4v) is 1.56. The number of imidazole rings is 1. The van der Waals surface area contributed by atoms with Crippen molar-refractivity contribution in [1.29, 1.82) is 0 Å². The minimum Gasteiger partial charge on any atom is -1.00 e. The number of H-pyrrole nitrogens is 1. The van der Waals surface area contributed by atoms with Crippen LogP contribution in [0.15, 0.2) is 6.33 Å². The fourth-order valence-electron chi connectivity index (χ4n) is 1.56. The number of hydrogen-bond acceptors (Lipinski definition) is 5. The molecule has 24 heavy (non-hydrogen) atoms. The SMILES string of the molecule is CC(C)(C)C(=O)Nc1nc(NC(=O)C(C)(C)C)c2[nH]cnc2n1.[H-].[K+]. The van der Waals surface area contributed by atoms with E-state index in [1.807, 2.05) is 0 Å². The van der Waals surface area contributed by atoms with Gasteiger partial charge in [-0.2, -0.15) is 9.97 Å². The third kappa shape index (κ3) is 5.06. The van der Waals surface area contributed by atoms with Crippen LogP contribution in [0.5, 0.6) is 0 Å². The van der Waals surface area contributed by atoms with Crippen LogP contribution in [0.3, 0.4) is 0 Å². The molecule has 8 nitrogen and oxygen atoms in total. The topological polar surface area (TPSA) is 113 Å². The Kier molecular flexibility index (Phi) is 6.67. The Morgan fingerprint density at radius 2 is 1.54 bits per heavy atom. The average molecular weight is 358 g/mol. The number of hydrogen-bond donors (Lipinski definition) is 3. The summed E-state index contributed by atoms with van der Waals surface area (Å²) in [6.45, 7) is 10.8. The van der Waals surface area contributed by atoms with Crippen molar-refractivity contribution in [3.8, 4) is 0 Å². The first-order chi connectivity index (χ1) is 10.5. The van der Waals surface area contributed by atoms with Gasteiger partial charge in [0.15, 0.2) is 11.5 Å². The zero-order valence-electron chi connectivity index (χ0n) is 16.2. The van der Waals surface area contributed by atoms with E-state index in [0.29, 0.717) is 11.2 Å². The van der Waals surface area contributed by atoms with Crippen LogP contribution in [0.25, 0.3) is 11.2 Å². The van der Waals surface area contributed by atoms with Gasteiger partial charge in [0.1, 0.15) is 5.52 Å². The number of amides is 2. The standard InChI is InChI=1S/C15H22N6O2.K.H/c1-14(2,3)11(22)18-10-8-9(17-7-16-8)19-13(20-10)21-12(23)15(4,5)6;;/h7H,1-6H3,(H3,16,17,18,19,20,21,22,23);;/q;+1;-1. The van der Waals surface area contributed by atoms with E-state index in [-0.39, 0.29) is 76.4 Å². The van der Waals surface area contributed by atoms with E-state index in [1.54, 1.807) is 41.5 Å². The molecule has 0 spiro atoms. The molecule has 0 aliphatic rings. The minimum absolute atomic E-state index is 0. The van der Waals surface area contributed by atoms with Crippen molar-refractivity contribution < 1.29 is 62.4 Å². The van der Waals surface area contributed by atoms with Crippen molar-refractivity contribution in [2.75, 3.05) is 10.6 Å². The van der Waals surface area contributed by atoms with Crippen LogP contribution in [0.1, 0.15) is 43.0 Å². The van der Waals surface area contributed by atoms with E-state index < -0.39 is 10.8 Å². The molecule has 0 radical (unpaired) electrons. The first-order valence-electron chi connectivity index (χ1n) is 7.32. The van der Waals surface area contributed by atoms with Gasteiger partial charge in [-0.1, -0.05) is 41.5 Å². The molecule has 126 valence electrons. The van der Waals surface area contributed by atoms with Gasteiger partial charge in [-0.3, -0.25) is 14.9 Å². The molecule has 0 bridgehead atoms. The van der Waals surface area contributed by atoms with Gasteiger partial charge in [-0.25, -0.2) is 4.98 Å². The maximum absolute atomic E-state index is 12.2. The number of anilines is 2. The quantitative estimate of drug-likeness (QED) is 0.623. The van der Waals surface area contributed by atoms with E-state index in [0.717, 1.165) is 0 Å². The van der Waals surface area contributed by atoms with Crippen molar-refractivity contribution >= 4 is 34.7 Å². The summed E-state index contributed by atoms with van der Waals surface area (Å²) in [5.74, 6) is -0.0222. The monoisotopic (exact) mass is 358 g/mol. The van der Waals surface area contributed by atoms with Crippen LogP contribution >= 0.6 is 0 Å². The Labute approximate surface area is 184 Å². The van der Waals surface area contributed by atoms with Gasteiger partial charge in [0.2, 0.25) is 17.8 Å². The predicted molar refractivity (Wildman–Crippen MR) is 89.0 cm³/mol. The molecule has 2 aromatic rings. The smallest absolute Gasteiger partial charge is 1.00 e. The van der Waals surface area contributed by atoms with Gasteiger partial charge in [-0.15, -0.1) is 0 Å². The number of carbonyl (C=O) groups is 2. The summed E-state index contributed by atoms with van der Waals surface area (Å²) < 4.78 is 0. The minimum atomic E-state index is -0.585. The Bertz CT molecular complexity index is 763. The second-order valence-electron chi connectivity index (χ2n) is 7.41. The van der Waals surface area contributed by atoms with Crippen LogP contribution in [0.2, 0.25) is 0 Å². The van der Waals surface area contributed by atoms with Gasteiger partial charge in [0, 0.05) is 10.8 Å². The number of rotatable bonds is 2. The molecule has 0 saturated carbocycles. The molecule has 9 heteroatoms. The largest absolute Gasteiger partial charge is 1.00 e. The zero-order valence-corrected chi connectivity index (χ0v) is 18.4. The first kappa shape index (κ1) is 21.2. The first-order valence-corrected chi connectivity index (χ1v) is 7.32. The molecule has 0 saturated heterocycles. The molecule has 0 unspecified atom stereocenters. The van der Waals surface area contributed by atoms with Gasteiger partial charge in [0.25, 0.3) is 0 Å². The predicted octanol–water partition coefficient (Wildman–Crippen LogP) is -0.561. The van der Waals surface area contributed by atoms with Crippen LogP contribution in [0, 0.1) is 10.8 Å². The summed E-state index contributed by atoms with van der Waals surface area (Å²) in [5.41, 5.74) is -0.282. The molecule has 0 aliphatic heterocycles. The molecule has 2 heterocycles. The van der Waals surface area contributed by atoms with Gasteiger partial charge >= 0.3 is 51.4 Å². The second-order valence-corrected chi connectivity index (χ2v) is 7.41. The molecular weight excluding hydrogens is 335 g/mol. The summed E-state index contributed by atoms with van der Waals surface area (Å²) >= 11 is 0. The molecule has 3 N–H and O–H groups in total. The Hall–Kier alpha value is -0.874. The van der Waals surface area contributed by atoms with Crippen molar-refractivity contribution in [3.05, 3.63) is 6.33 Å². The fraction of sp³-hybridized carbons (Fsp3) is 0.533. The molecular formula is C15H23KN6O2. The normalized spacial score (nSPS) is 11.8. The van der Waals surface area contributed by atoms with E-state index in [9.17, 15) is 9.59 Å². The van der Waals surface area contributed by atoms with Gasteiger partial charge < -0.3 is 11.7 Å². The van der Waals surface area contributed by atoms with Gasteiger partial charge in [0.05, 0.1) is 6.33 Å². The zero-order chi connectivity index (χ0) is 17.4. The van der Waals surface area contributed by atoms with Crippen LogP contribution < -0.4 is 62.0 Å². The van der Waals surface area contributed by atoms with Crippen LogP contribution in [-0.2, 0) is 9.59 Å².